The molecule has 1 aromatic heterocycles. The summed E-state index contributed by atoms with van der Waals surface area (Å²) >= 11 is 0. The van der Waals surface area contributed by atoms with Gasteiger partial charge < -0.3 is 14.9 Å². The molecular weight excluding hydrogens is 118 g/mol. The smallest absolute Gasteiger partial charge is 0.288 e. The number of furan rings is 1. The Kier molecular flexibility index (Phi) is 1.34. The van der Waals surface area contributed by atoms with E-state index < -0.39 is 0 Å². The van der Waals surface area contributed by atoms with Gasteiger partial charge in [0.2, 0.25) is 0 Å². The van der Waals surface area contributed by atoms with Gasteiger partial charge in [0, 0.05) is 11.6 Å². The van der Waals surface area contributed by atoms with Gasteiger partial charge in [-0.15, -0.1) is 0 Å². The fraction of sp³-hybridized carbons (Fsp3) is 0.333. The first-order valence-electron chi connectivity index (χ1n) is 2.64. The van der Waals surface area contributed by atoms with E-state index in [1.54, 1.807) is 13.2 Å². The van der Waals surface area contributed by atoms with Gasteiger partial charge >= 0.3 is 0 Å². The fourth-order valence-electron chi connectivity index (χ4n) is 0.692. The van der Waals surface area contributed by atoms with Crippen molar-refractivity contribution in [3.63, 3.8) is 0 Å². The lowest BCUT2D eigenvalue weighted by Crippen LogP contribution is -1.80. The van der Waals surface area contributed by atoms with Crippen LogP contribution in [0.1, 0.15) is 5.56 Å². The van der Waals surface area contributed by atoms with Crippen molar-refractivity contribution in [3.8, 4) is 5.95 Å². The molecule has 0 amide bonds. The van der Waals surface area contributed by atoms with Gasteiger partial charge in [-0.1, -0.05) is 0 Å². The highest BCUT2D eigenvalue weighted by atomic mass is 16.6. The molecule has 0 atom stereocenters. The van der Waals surface area contributed by atoms with Gasteiger partial charge in [-0.2, -0.15) is 0 Å². The van der Waals surface area contributed by atoms with Crippen LogP contribution < -0.4 is 10.5 Å². The van der Waals surface area contributed by atoms with Gasteiger partial charge in [0.05, 0.1) is 7.11 Å². The second-order valence-corrected chi connectivity index (χ2v) is 1.82. The summed E-state index contributed by atoms with van der Waals surface area (Å²) in [6.07, 6.45) is 0. The van der Waals surface area contributed by atoms with Crippen LogP contribution in [-0.2, 0) is 0 Å². The Morgan fingerprint density at radius 2 is 2.33 bits per heavy atom. The highest BCUT2D eigenvalue weighted by molar-refractivity contribution is 5.35. The van der Waals surface area contributed by atoms with Crippen molar-refractivity contribution >= 4 is 5.88 Å². The molecule has 0 aliphatic rings. The molecule has 0 fully saturated rings. The molecule has 3 heteroatoms. The van der Waals surface area contributed by atoms with Crippen LogP contribution in [0, 0.1) is 6.92 Å². The molecule has 0 spiro atoms. The van der Waals surface area contributed by atoms with E-state index in [1.165, 1.54) is 0 Å². The van der Waals surface area contributed by atoms with Crippen molar-refractivity contribution in [1.82, 2.24) is 0 Å². The number of hydrogen-bond donors (Lipinski definition) is 1. The summed E-state index contributed by atoms with van der Waals surface area (Å²) in [5.74, 6) is 0.886. The van der Waals surface area contributed by atoms with Crippen molar-refractivity contribution in [2.24, 2.45) is 0 Å². The van der Waals surface area contributed by atoms with Crippen molar-refractivity contribution in [2.75, 3.05) is 12.8 Å². The largest absolute Gasteiger partial charge is 0.468 e. The number of aryl methyl sites for hydroxylation is 1. The van der Waals surface area contributed by atoms with Crippen LogP contribution in [0.3, 0.4) is 0 Å². The topological polar surface area (TPSA) is 48.4 Å². The summed E-state index contributed by atoms with van der Waals surface area (Å²) in [6, 6.07) is 1.72. The third kappa shape index (κ3) is 0.988. The maximum atomic E-state index is 5.31. The van der Waals surface area contributed by atoms with Crippen LogP contribution in [0.2, 0.25) is 0 Å². The number of nitrogens with two attached hydrogens (primary N) is 1. The molecule has 50 valence electrons. The standard InChI is InChI=1S/C6H9NO2/c1-4-3-5(7)9-6(4)8-2/h3H,7H2,1-2H3. The highest BCUT2D eigenvalue weighted by Gasteiger charge is 2.02. The minimum Gasteiger partial charge on any atom is -0.468 e. The van der Waals surface area contributed by atoms with E-state index in [2.05, 4.69) is 0 Å². The number of anilines is 1. The third-order valence-electron chi connectivity index (χ3n) is 1.08. The summed E-state index contributed by atoms with van der Waals surface area (Å²) in [4.78, 5) is 0. The molecule has 0 bridgehead atoms. The van der Waals surface area contributed by atoms with Crippen molar-refractivity contribution in [3.05, 3.63) is 11.6 Å². The minimum absolute atomic E-state index is 0.393. The Morgan fingerprint density at radius 1 is 1.67 bits per heavy atom. The van der Waals surface area contributed by atoms with Gasteiger partial charge in [0.15, 0.2) is 5.88 Å². The SMILES string of the molecule is COc1oc(N)cc1C. The van der Waals surface area contributed by atoms with Crippen LogP contribution in [0.15, 0.2) is 10.5 Å². The van der Waals surface area contributed by atoms with Gasteiger partial charge in [0.1, 0.15) is 0 Å². The summed E-state index contributed by atoms with van der Waals surface area (Å²) in [5.41, 5.74) is 6.23. The zero-order valence-electron chi connectivity index (χ0n) is 5.47. The lowest BCUT2D eigenvalue weighted by Gasteiger charge is -1.91. The van der Waals surface area contributed by atoms with E-state index in [0.717, 1.165) is 5.56 Å². The molecule has 2 N–H and O–H groups in total. The van der Waals surface area contributed by atoms with Crippen LogP contribution in [0.5, 0.6) is 5.95 Å². The third-order valence-corrected chi connectivity index (χ3v) is 1.08. The molecule has 1 heterocycles. The molecule has 1 aromatic rings. The van der Waals surface area contributed by atoms with Gasteiger partial charge in [-0.3, -0.25) is 0 Å². The number of nitrogen functional groups attached to an aromatic ring is 1. The average Bonchev–Trinajstić information content (AvgIpc) is 2.10. The Bertz CT molecular complexity index is 205. The van der Waals surface area contributed by atoms with E-state index >= 15 is 0 Å². The molecule has 0 aliphatic carbocycles. The molecule has 0 saturated carbocycles. The number of hydrogen-bond acceptors (Lipinski definition) is 3. The average molecular weight is 127 g/mol. The van der Waals surface area contributed by atoms with Crippen LogP contribution in [0.25, 0.3) is 0 Å². The molecular formula is C6H9NO2. The van der Waals surface area contributed by atoms with Crippen LogP contribution >= 0.6 is 0 Å². The fourth-order valence-corrected chi connectivity index (χ4v) is 0.692. The Hall–Kier alpha value is -1.12. The maximum absolute atomic E-state index is 5.31. The zero-order valence-corrected chi connectivity index (χ0v) is 5.47. The second-order valence-electron chi connectivity index (χ2n) is 1.82. The lowest BCUT2D eigenvalue weighted by atomic mass is 10.4. The van der Waals surface area contributed by atoms with Crippen molar-refractivity contribution in [1.29, 1.82) is 0 Å². The number of ether oxygens (including phenoxy) is 1. The number of methoxy groups -OCH3 is 1. The van der Waals surface area contributed by atoms with Crippen LogP contribution in [0.4, 0.5) is 5.88 Å². The van der Waals surface area contributed by atoms with E-state index in [-0.39, 0.29) is 0 Å². The number of rotatable bonds is 1. The summed E-state index contributed by atoms with van der Waals surface area (Å²) in [6.45, 7) is 1.87. The minimum atomic E-state index is 0.393. The second kappa shape index (κ2) is 2.01. The van der Waals surface area contributed by atoms with Crippen molar-refractivity contribution in [2.45, 2.75) is 6.92 Å². The summed E-state index contributed by atoms with van der Waals surface area (Å²) < 4.78 is 9.74. The monoisotopic (exact) mass is 127 g/mol. The highest BCUT2D eigenvalue weighted by Crippen LogP contribution is 2.22. The predicted octanol–water partition coefficient (Wildman–Crippen LogP) is 1.18. The molecule has 3 nitrogen and oxygen atoms in total. The van der Waals surface area contributed by atoms with E-state index in [0.29, 0.717) is 11.8 Å². The Balaban J connectivity index is 3.01. The summed E-state index contributed by atoms with van der Waals surface area (Å²) in [5, 5.41) is 0. The first-order chi connectivity index (χ1) is 4.24. The van der Waals surface area contributed by atoms with Crippen LogP contribution in [-0.4, -0.2) is 7.11 Å². The summed E-state index contributed by atoms with van der Waals surface area (Å²) in [7, 11) is 1.55. The molecule has 9 heavy (non-hydrogen) atoms. The quantitative estimate of drug-likeness (QED) is 0.616. The Morgan fingerprint density at radius 3 is 2.56 bits per heavy atom. The predicted molar refractivity (Wildman–Crippen MR) is 34.4 cm³/mol. The molecule has 0 aromatic carbocycles. The normalized spacial score (nSPS) is 9.56. The molecule has 0 saturated heterocycles. The molecule has 1 rings (SSSR count). The van der Waals surface area contributed by atoms with E-state index in [1.807, 2.05) is 6.92 Å². The Labute approximate surface area is 53.4 Å². The first kappa shape index (κ1) is 6.01. The zero-order chi connectivity index (χ0) is 6.85. The van der Waals surface area contributed by atoms with E-state index in [9.17, 15) is 0 Å². The van der Waals surface area contributed by atoms with E-state index in [4.69, 9.17) is 14.9 Å². The van der Waals surface area contributed by atoms with Gasteiger partial charge in [-0.05, 0) is 6.92 Å². The first-order valence-corrected chi connectivity index (χ1v) is 2.64. The molecule has 0 aliphatic heterocycles. The maximum Gasteiger partial charge on any atom is 0.288 e. The van der Waals surface area contributed by atoms with Gasteiger partial charge in [0.25, 0.3) is 5.95 Å². The lowest BCUT2D eigenvalue weighted by molar-refractivity contribution is 0.307. The molecule has 0 radical (unpaired) electrons. The molecule has 0 unspecified atom stereocenters. The van der Waals surface area contributed by atoms with Gasteiger partial charge in [-0.25, -0.2) is 0 Å². The van der Waals surface area contributed by atoms with Crippen molar-refractivity contribution < 1.29 is 9.15 Å².